The molecule has 0 radical (unpaired) electrons. The number of benzene rings is 1. The van der Waals surface area contributed by atoms with E-state index in [1.165, 1.54) is 24.8 Å². The first-order valence-corrected chi connectivity index (χ1v) is 12.8. The van der Waals surface area contributed by atoms with E-state index in [-0.39, 0.29) is 23.8 Å². The molecule has 0 atom stereocenters. The van der Waals surface area contributed by atoms with E-state index >= 15 is 0 Å². The van der Waals surface area contributed by atoms with Gasteiger partial charge in [0.05, 0.1) is 0 Å². The summed E-state index contributed by atoms with van der Waals surface area (Å²) in [5, 5.41) is 3.18. The third kappa shape index (κ3) is 6.49. The highest BCUT2D eigenvalue weighted by Crippen LogP contribution is 2.22. The molecule has 1 N–H and O–H groups in total. The molecule has 3 fully saturated rings. The number of piperidine rings is 1. The molecule has 33 heavy (non-hydrogen) atoms. The molecule has 2 saturated heterocycles. The highest BCUT2D eigenvalue weighted by Gasteiger charge is 2.32. The summed E-state index contributed by atoms with van der Waals surface area (Å²) in [6.45, 7) is 3.73. The number of carbonyl (C=O) groups excluding carboxylic acids is 3. The van der Waals surface area contributed by atoms with E-state index in [1.54, 1.807) is 0 Å². The lowest BCUT2D eigenvalue weighted by molar-refractivity contribution is -0.141. The highest BCUT2D eigenvalue weighted by atomic mass is 16.2. The fourth-order valence-electron chi connectivity index (χ4n) is 5.33. The smallest absolute Gasteiger partial charge is 0.317 e. The summed E-state index contributed by atoms with van der Waals surface area (Å²) in [5.41, 5.74) is 1.18. The molecule has 0 unspecified atom stereocenters. The third-order valence-electron chi connectivity index (χ3n) is 7.48. The van der Waals surface area contributed by atoms with Crippen LogP contribution in [0.2, 0.25) is 0 Å². The monoisotopic (exact) mass is 454 g/mol. The van der Waals surface area contributed by atoms with Crippen LogP contribution in [-0.2, 0) is 16.0 Å². The van der Waals surface area contributed by atoms with Crippen molar-refractivity contribution >= 4 is 17.8 Å². The average molecular weight is 455 g/mol. The van der Waals surface area contributed by atoms with E-state index in [0.29, 0.717) is 51.7 Å². The Balaban J connectivity index is 1.15. The molecule has 7 nitrogen and oxygen atoms in total. The van der Waals surface area contributed by atoms with Gasteiger partial charge < -0.3 is 20.0 Å². The lowest BCUT2D eigenvalue weighted by Crippen LogP contribution is -2.56. The lowest BCUT2D eigenvalue weighted by Gasteiger charge is -2.39. The Kier molecular flexibility index (Phi) is 8.24. The Labute approximate surface area is 197 Å². The molecule has 0 spiro atoms. The standard InChI is InChI=1S/C26H38N4O3/c31-24(12-11-21-7-3-1-4-8-21)28-15-13-22(14-16-28)25(32)29-17-19-30(20-18-29)26(33)27-23-9-5-2-6-10-23/h1,3-4,7-8,22-23H,2,5-6,9-20H2,(H,27,33). The molecule has 2 aliphatic heterocycles. The second kappa shape index (κ2) is 11.5. The van der Waals surface area contributed by atoms with Crippen molar-refractivity contribution in [2.24, 2.45) is 5.92 Å². The van der Waals surface area contributed by atoms with Gasteiger partial charge in [0.1, 0.15) is 0 Å². The summed E-state index contributed by atoms with van der Waals surface area (Å²) in [4.78, 5) is 43.9. The van der Waals surface area contributed by atoms with Crippen LogP contribution in [0.4, 0.5) is 4.79 Å². The second-order valence-corrected chi connectivity index (χ2v) is 9.74. The van der Waals surface area contributed by atoms with Crippen LogP contribution in [0.1, 0.15) is 56.9 Å². The van der Waals surface area contributed by atoms with Crippen LogP contribution in [-0.4, -0.2) is 77.9 Å². The van der Waals surface area contributed by atoms with Crippen LogP contribution < -0.4 is 5.32 Å². The van der Waals surface area contributed by atoms with Crippen molar-refractivity contribution in [1.29, 1.82) is 0 Å². The van der Waals surface area contributed by atoms with Gasteiger partial charge in [-0.05, 0) is 37.7 Å². The van der Waals surface area contributed by atoms with Gasteiger partial charge in [-0.2, -0.15) is 0 Å². The maximum absolute atomic E-state index is 13.0. The molecule has 4 amide bonds. The maximum Gasteiger partial charge on any atom is 0.317 e. The molecule has 1 aliphatic carbocycles. The predicted molar refractivity (Wildman–Crippen MR) is 128 cm³/mol. The molecular weight excluding hydrogens is 416 g/mol. The van der Waals surface area contributed by atoms with Crippen LogP contribution in [0.15, 0.2) is 30.3 Å². The Morgan fingerprint density at radius 3 is 2.06 bits per heavy atom. The molecular formula is C26H38N4O3. The molecule has 2 heterocycles. The SMILES string of the molecule is O=C(CCc1ccccc1)N1CCC(C(=O)N2CCN(C(=O)NC3CCCCC3)CC2)CC1. The quantitative estimate of drug-likeness (QED) is 0.743. The number of piperazine rings is 1. The highest BCUT2D eigenvalue weighted by molar-refractivity contribution is 5.81. The van der Waals surface area contributed by atoms with Crippen molar-refractivity contribution in [2.45, 2.75) is 63.8 Å². The number of aryl methyl sites for hydroxylation is 1. The normalized spacial score (nSPS) is 20.5. The maximum atomic E-state index is 13.0. The van der Waals surface area contributed by atoms with Crippen molar-refractivity contribution < 1.29 is 14.4 Å². The molecule has 3 aliphatic rings. The van der Waals surface area contributed by atoms with Crippen LogP contribution in [0.5, 0.6) is 0 Å². The Morgan fingerprint density at radius 2 is 1.39 bits per heavy atom. The first kappa shape index (κ1) is 23.6. The Bertz CT molecular complexity index is 793. The summed E-state index contributed by atoms with van der Waals surface area (Å²) in [5.74, 6) is 0.367. The summed E-state index contributed by atoms with van der Waals surface area (Å²) >= 11 is 0. The first-order valence-electron chi connectivity index (χ1n) is 12.8. The van der Waals surface area contributed by atoms with Crippen molar-refractivity contribution in [3.05, 3.63) is 35.9 Å². The fraction of sp³-hybridized carbons (Fsp3) is 0.654. The van der Waals surface area contributed by atoms with Gasteiger partial charge in [0, 0.05) is 57.6 Å². The minimum atomic E-state index is -0.00853. The summed E-state index contributed by atoms with van der Waals surface area (Å²) in [6, 6.07) is 10.4. The Morgan fingerprint density at radius 1 is 0.758 bits per heavy atom. The number of hydrogen-bond donors (Lipinski definition) is 1. The van der Waals surface area contributed by atoms with Gasteiger partial charge in [-0.15, -0.1) is 0 Å². The van der Waals surface area contributed by atoms with Crippen LogP contribution >= 0.6 is 0 Å². The molecule has 0 aromatic heterocycles. The zero-order valence-corrected chi connectivity index (χ0v) is 19.7. The molecule has 7 heteroatoms. The van der Waals surface area contributed by atoms with E-state index < -0.39 is 0 Å². The van der Waals surface area contributed by atoms with Gasteiger partial charge in [0.2, 0.25) is 11.8 Å². The fourth-order valence-corrected chi connectivity index (χ4v) is 5.33. The van der Waals surface area contributed by atoms with Gasteiger partial charge >= 0.3 is 6.03 Å². The Hall–Kier alpha value is -2.57. The van der Waals surface area contributed by atoms with Gasteiger partial charge in [0.25, 0.3) is 0 Å². The number of urea groups is 1. The average Bonchev–Trinajstić information content (AvgIpc) is 2.88. The van der Waals surface area contributed by atoms with Crippen molar-refractivity contribution in [3.8, 4) is 0 Å². The minimum absolute atomic E-state index is 0.00853. The number of likely N-dealkylation sites (tertiary alicyclic amines) is 1. The lowest BCUT2D eigenvalue weighted by atomic mass is 9.94. The van der Waals surface area contributed by atoms with Crippen LogP contribution in [0.25, 0.3) is 0 Å². The zero-order valence-electron chi connectivity index (χ0n) is 19.7. The van der Waals surface area contributed by atoms with E-state index in [2.05, 4.69) is 17.4 Å². The number of hydrogen-bond acceptors (Lipinski definition) is 3. The van der Waals surface area contributed by atoms with E-state index in [1.807, 2.05) is 32.9 Å². The van der Waals surface area contributed by atoms with Gasteiger partial charge in [-0.3, -0.25) is 9.59 Å². The molecule has 4 rings (SSSR count). The van der Waals surface area contributed by atoms with Gasteiger partial charge in [-0.1, -0.05) is 49.6 Å². The molecule has 180 valence electrons. The van der Waals surface area contributed by atoms with Crippen molar-refractivity contribution in [1.82, 2.24) is 20.0 Å². The number of nitrogens with one attached hydrogen (secondary N) is 1. The summed E-state index contributed by atoms with van der Waals surface area (Å²) in [7, 11) is 0. The predicted octanol–water partition coefficient (Wildman–Crippen LogP) is 3.04. The third-order valence-corrected chi connectivity index (χ3v) is 7.48. The number of amides is 4. The number of rotatable bonds is 5. The number of nitrogens with zero attached hydrogens (tertiary/aromatic N) is 3. The van der Waals surface area contributed by atoms with Crippen molar-refractivity contribution in [3.63, 3.8) is 0 Å². The molecule has 1 saturated carbocycles. The van der Waals surface area contributed by atoms with E-state index in [9.17, 15) is 14.4 Å². The van der Waals surface area contributed by atoms with Gasteiger partial charge in [0.15, 0.2) is 0 Å². The molecule has 1 aromatic carbocycles. The van der Waals surface area contributed by atoms with Crippen molar-refractivity contribution in [2.75, 3.05) is 39.3 Å². The van der Waals surface area contributed by atoms with Crippen LogP contribution in [0.3, 0.4) is 0 Å². The second-order valence-electron chi connectivity index (χ2n) is 9.74. The van der Waals surface area contributed by atoms with Crippen LogP contribution in [0, 0.1) is 5.92 Å². The largest absolute Gasteiger partial charge is 0.343 e. The molecule has 1 aromatic rings. The van der Waals surface area contributed by atoms with E-state index in [4.69, 9.17) is 0 Å². The topological polar surface area (TPSA) is 73.0 Å². The summed E-state index contributed by atoms with van der Waals surface area (Å²) in [6.07, 6.45) is 8.58. The molecule has 0 bridgehead atoms. The first-order chi connectivity index (χ1) is 16.1. The number of carbonyl (C=O) groups is 3. The minimum Gasteiger partial charge on any atom is -0.343 e. The summed E-state index contributed by atoms with van der Waals surface area (Å²) < 4.78 is 0. The zero-order chi connectivity index (χ0) is 23.0. The van der Waals surface area contributed by atoms with E-state index in [0.717, 1.165) is 32.1 Å². The van der Waals surface area contributed by atoms with Gasteiger partial charge in [-0.25, -0.2) is 4.79 Å².